The highest BCUT2D eigenvalue weighted by Gasteiger charge is 2.29. The number of rotatable bonds is 11. The second-order valence-electron chi connectivity index (χ2n) is 7.86. The molecule has 5 heteroatoms. The van der Waals surface area contributed by atoms with Crippen molar-refractivity contribution in [1.82, 2.24) is 4.90 Å². The van der Waals surface area contributed by atoms with Crippen LogP contribution in [0.4, 0.5) is 4.79 Å². The molecule has 2 unspecified atom stereocenters. The fourth-order valence-corrected chi connectivity index (χ4v) is 3.54. The van der Waals surface area contributed by atoms with E-state index in [1.807, 2.05) is 32.0 Å². The summed E-state index contributed by atoms with van der Waals surface area (Å²) in [6.45, 7) is 14.6. The molecule has 1 rings (SSSR count). The minimum absolute atomic E-state index is 0.218. The van der Waals surface area contributed by atoms with Gasteiger partial charge in [0.15, 0.2) is 0 Å². The van der Waals surface area contributed by atoms with Gasteiger partial charge in [-0.1, -0.05) is 45.9 Å². The Morgan fingerprint density at radius 1 is 0.893 bits per heavy atom. The maximum atomic E-state index is 12.2. The number of ether oxygens (including phenoxy) is 2. The lowest BCUT2D eigenvalue weighted by atomic mass is 9.76. The van der Waals surface area contributed by atoms with E-state index in [9.17, 15) is 9.59 Å². The van der Waals surface area contributed by atoms with Crippen molar-refractivity contribution in [1.29, 1.82) is 0 Å². The van der Waals surface area contributed by atoms with Crippen LogP contribution < -0.4 is 0 Å². The third-order valence-corrected chi connectivity index (χ3v) is 5.38. The summed E-state index contributed by atoms with van der Waals surface area (Å²) in [5, 5.41) is 0. The Balaban J connectivity index is 2.66. The molecule has 1 aromatic rings. The molecule has 5 nitrogen and oxygen atoms in total. The highest BCUT2D eigenvalue weighted by molar-refractivity contribution is 5.89. The first-order chi connectivity index (χ1) is 13.3. The summed E-state index contributed by atoms with van der Waals surface area (Å²) in [6.07, 6.45) is 0.496. The van der Waals surface area contributed by atoms with Gasteiger partial charge in [0.25, 0.3) is 0 Å². The number of esters is 1. The average molecular weight is 392 g/mol. The second kappa shape index (κ2) is 12.4. The fraction of sp³-hybridized carbons (Fsp3) is 0.652. The van der Waals surface area contributed by atoms with Crippen LogP contribution in [0.15, 0.2) is 30.3 Å². The first-order valence-corrected chi connectivity index (χ1v) is 10.5. The van der Waals surface area contributed by atoms with Crippen LogP contribution in [-0.4, -0.2) is 43.3 Å². The zero-order valence-corrected chi connectivity index (χ0v) is 18.3. The quantitative estimate of drug-likeness (QED) is 0.483. The van der Waals surface area contributed by atoms with E-state index in [4.69, 9.17) is 9.47 Å². The third-order valence-electron chi connectivity index (χ3n) is 5.38. The summed E-state index contributed by atoms with van der Waals surface area (Å²) < 4.78 is 11.1. The summed E-state index contributed by atoms with van der Waals surface area (Å²) >= 11 is 0. The maximum absolute atomic E-state index is 12.2. The molecular formula is C23H37NO4. The molecule has 2 atom stereocenters. The van der Waals surface area contributed by atoms with Gasteiger partial charge in [-0.2, -0.15) is 0 Å². The zero-order chi connectivity index (χ0) is 21.1. The third kappa shape index (κ3) is 7.53. The van der Waals surface area contributed by atoms with E-state index in [0.29, 0.717) is 49.6 Å². The first kappa shape index (κ1) is 24.0. The van der Waals surface area contributed by atoms with E-state index in [1.54, 1.807) is 17.0 Å². The predicted octanol–water partition coefficient (Wildman–Crippen LogP) is 5.26. The fourth-order valence-electron chi connectivity index (χ4n) is 3.54. The van der Waals surface area contributed by atoms with Crippen LogP contribution in [-0.2, 0) is 9.47 Å². The molecule has 0 aliphatic heterocycles. The van der Waals surface area contributed by atoms with E-state index in [0.717, 1.165) is 6.42 Å². The highest BCUT2D eigenvalue weighted by atomic mass is 16.6. The Morgan fingerprint density at radius 2 is 1.46 bits per heavy atom. The monoisotopic (exact) mass is 391 g/mol. The molecule has 0 aliphatic carbocycles. The van der Waals surface area contributed by atoms with Crippen molar-refractivity contribution >= 4 is 12.1 Å². The normalized spacial score (nSPS) is 13.3. The van der Waals surface area contributed by atoms with Gasteiger partial charge in [0.2, 0.25) is 0 Å². The number of hydrogen-bond acceptors (Lipinski definition) is 4. The molecule has 0 N–H and O–H groups in total. The molecule has 1 amide bonds. The van der Waals surface area contributed by atoms with Gasteiger partial charge in [0.05, 0.1) is 18.8 Å². The minimum Gasteiger partial charge on any atom is -0.462 e. The number of carbonyl (C=O) groups excluding carboxylic acids is 2. The predicted molar refractivity (Wildman–Crippen MR) is 112 cm³/mol. The molecule has 0 fully saturated rings. The van der Waals surface area contributed by atoms with Crippen molar-refractivity contribution in [3.8, 4) is 0 Å². The minimum atomic E-state index is -0.294. The van der Waals surface area contributed by atoms with Crippen LogP contribution in [0.3, 0.4) is 0 Å². The molecule has 0 spiro atoms. The number of carbonyl (C=O) groups is 2. The van der Waals surface area contributed by atoms with Gasteiger partial charge in [0, 0.05) is 13.1 Å². The van der Waals surface area contributed by atoms with Crippen molar-refractivity contribution < 1.29 is 19.1 Å². The molecule has 0 aliphatic rings. The van der Waals surface area contributed by atoms with Gasteiger partial charge in [-0.3, -0.25) is 0 Å². The number of hydrogen-bond donors (Lipinski definition) is 0. The van der Waals surface area contributed by atoms with Crippen LogP contribution >= 0.6 is 0 Å². The van der Waals surface area contributed by atoms with Gasteiger partial charge < -0.3 is 14.4 Å². The van der Waals surface area contributed by atoms with E-state index >= 15 is 0 Å². The summed E-state index contributed by atoms with van der Waals surface area (Å²) in [7, 11) is 0. The van der Waals surface area contributed by atoms with Crippen LogP contribution in [0.1, 0.15) is 58.3 Å². The second-order valence-corrected chi connectivity index (χ2v) is 7.86. The summed E-state index contributed by atoms with van der Waals surface area (Å²) in [6, 6.07) is 9.04. The standard InChI is InChI=1S/C23H37NO4/c1-7-24(8-2)23(26)28-16-21(18(5)6)20(17(3)4)14-15-27-22(25)19-12-10-9-11-13-19/h9-13,17-18,20-21H,7-8,14-16H2,1-6H3. The van der Waals surface area contributed by atoms with Gasteiger partial charge in [-0.25, -0.2) is 9.59 Å². The van der Waals surface area contributed by atoms with Crippen molar-refractivity contribution in [2.45, 2.75) is 48.0 Å². The van der Waals surface area contributed by atoms with E-state index in [1.165, 1.54) is 0 Å². The Bertz CT molecular complexity index is 582. The molecular weight excluding hydrogens is 354 g/mol. The average Bonchev–Trinajstić information content (AvgIpc) is 2.67. The molecule has 0 saturated carbocycles. The Kier molecular flexibility index (Phi) is 10.6. The topological polar surface area (TPSA) is 55.8 Å². The molecule has 28 heavy (non-hydrogen) atoms. The van der Waals surface area contributed by atoms with Gasteiger partial charge in [-0.05, 0) is 56.1 Å². The Hall–Kier alpha value is -2.04. The van der Waals surface area contributed by atoms with Crippen molar-refractivity contribution in [3.05, 3.63) is 35.9 Å². The molecule has 158 valence electrons. The number of benzene rings is 1. The van der Waals surface area contributed by atoms with E-state index in [2.05, 4.69) is 27.7 Å². The maximum Gasteiger partial charge on any atom is 0.409 e. The smallest absolute Gasteiger partial charge is 0.409 e. The Labute approximate surface area is 170 Å². The van der Waals surface area contributed by atoms with Gasteiger partial charge in [0.1, 0.15) is 0 Å². The van der Waals surface area contributed by atoms with Crippen LogP contribution in [0.2, 0.25) is 0 Å². The molecule has 0 saturated heterocycles. The summed E-state index contributed by atoms with van der Waals surface area (Å²) in [5.74, 6) is 0.983. The largest absolute Gasteiger partial charge is 0.462 e. The van der Waals surface area contributed by atoms with Crippen molar-refractivity contribution in [2.24, 2.45) is 23.7 Å². The molecule has 0 radical (unpaired) electrons. The lowest BCUT2D eigenvalue weighted by molar-refractivity contribution is 0.0325. The molecule has 0 bridgehead atoms. The lowest BCUT2D eigenvalue weighted by Crippen LogP contribution is -2.35. The van der Waals surface area contributed by atoms with Crippen molar-refractivity contribution in [3.63, 3.8) is 0 Å². The van der Waals surface area contributed by atoms with Gasteiger partial charge >= 0.3 is 12.1 Å². The molecule has 0 aromatic heterocycles. The zero-order valence-electron chi connectivity index (χ0n) is 18.3. The molecule has 0 heterocycles. The molecule has 1 aromatic carbocycles. The number of nitrogens with zero attached hydrogens (tertiary/aromatic N) is 1. The van der Waals surface area contributed by atoms with Crippen LogP contribution in [0.25, 0.3) is 0 Å². The highest BCUT2D eigenvalue weighted by Crippen LogP contribution is 2.31. The van der Waals surface area contributed by atoms with E-state index < -0.39 is 0 Å². The first-order valence-electron chi connectivity index (χ1n) is 10.5. The lowest BCUT2D eigenvalue weighted by Gasteiger charge is -2.33. The van der Waals surface area contributed by atoms with E-state index in [-0.39, 0.29) is 18.0 Å². The van der Waals surface area contributed by atoms with Crippen LogP contribution in [0, 0.1) is 23.7 Å². The van der Waals surface area contributed by atoms with Crippen molar-refractivity contribution in [2.75, 3.05) is 26.3 Å². The Morgan fingerprint density at radius 3 is 1.96 bits per heavy atom. The number of amides is 1. The van der Waals surface area contributed by atoms with Crippen LogP contribution in [0.5, 0.6) is 0 Å². The van der Waals surface area contributed by atoms with Gasteiger partial charge in [-0.15, -0.1) is 0 Å². The SMILES string of the molecule is CCN(CC)C(=O)OCC(C(C)C)C(CCOC(=O)c1ccccc1)C(C)C. The summed E-state index contributed by atoms with van der Waals surface area (Å²) in [5.41, 5.74) is 0.567. The summed E-state index contributed by atoms with van der Waals surface area (Å²) in [4.78, 5) is 26.1.